The molecule has 0 spiro atoms. The van der Waals surface area contributed by atoms with Crippen molar-refractivity contribution < 1.29 is 32.2 Å². The molecule has 1 fully saturated rings. The first kappa shape index (κ1) is 32.0. The number of alkyl halides is 3. The molecule has 1 atom stereocenters. The van der Waals surface area contributed by atoms with Crippen LogP contribution in [-0.2, 0) is 22.3 Å². The topological polar surface area (TPSA) is 112 Å². The van der Waals surface area contributed by atoms with Crippen molar-refractivity contribution in [1.29, 1.82) is 0 Å². The fraction of sp³-hybridized carbons (Fsp3) is 0.464. The SMILES string of the molecule is CC[C@@H](COc1cnn(Cc2ccc(OC)cc2)c(=O)c1C(F)(F)F)OCCC(=O)N1CCN(c2ncc(Cl)cn2)CC1. The van der Waals surface area contributed by atoms with Gasteiger partial charge in [-0.1, -0.05) is 30.7 Å². The second kappa shape index (κ2) is 14.5. The van der Waals surface area contributed by atoms with Crippen molar-refractivity contribution >= 4 is 23.5 Å². The van der Waals surface area contributed by atoms with Crippen LogP contribution >= 0.6 is 11.6 Å². The van der Waals surface area contributed by atoms with E-state index in [1.54, 1.807) is 36.1 Å². The van der Waals surface area contributed by atoms with E-state index in [4.69, 9.17) is 25.8 Å². The Morgan fingerprint density at radius 2 is 1.74 bits per heavy atom. The van der Waals surface area contributed by atoms with Crippen molar-refractivity contribution in [2.75, 3.05) is 51.4 Å². The molecule has 1 amide bonds. The summed E-state index contributed by atoms with van der Waals surface area (Å²) in [7, 11) is 1.49. The Morgan fingerprint density at radius 3 is 2.35 bits per heavy atom. The summed E-state index contributed by atoms with van der Waals surface area (Å²) in [6, 6.07) is 6.54. The average Bonchev–Trinajstić information content (AvgIpc) is 3.00. The minimum atomic E-state index is -4.96. The van der Waals surface area contributed by atoms with Crippen LogP contribution in [0.2, 0.25) is 5.02 Å². The maximum atomic E-state index is 13.9. The first-order valence-electron chi connectivity index (χ1n) is 13.6. The molecule has 43 heavy (non-hydrogen) atoms. The number of rotatable bonds is 12. The molecule has 0 aliphatic carbocycles. The number of methoxy groups -OCH3 is 1. The van der Waals surface area contributed by atoms with E-state index in [2.05, 4.69) is 15.1 Å². The molecule has 232 valence electrons. The lowest BCUT2D eigenvalue weighted by Gasteiger charge is -2.34. The van der Waals surface area contributed by atoms with Crippen molar-refractivity contribution in [1.82, 2.24) is 24.6 Å². The van der Waals surface area contributed by atoms with E-state index in [1.807, 2.05) is 4.90 Å². The van der Waals surface area contributed by atoms with Crippen LogP contribution in [-0.4, -0.2) is 83.2 Å². The lowest BCUT2D eigenvalue weighted by molar-refractivity contribution is -0.141. The van der Waals surface area contributed by atoms with Crippen molar-refractivity contribution in [2.24, 2.45) is 0 Å². The van der Waals surface area contributed by atoms with E-state index in [1.165, 1.54) is 19.5 Å². The molecular formula is C28H32ClF3N6O5. The summed E-state index contributed by atoms with van der Waals surface area (Å²) in [5.74, 6) is 0.342. The average molecular weight is 625 g/mol. The van der Waals surface area contributed by atoms with E-state index in [-0.39, 0.29) is 32.1 Å². The number of ether oxygens (including phenoxy) is 3. The zero-order valence-electron chi connectivity index (χ0n) is 23.7. The van der Waals surface area contributed by atoms with Crippen LogP contribution in [0.25, 0.3) is 0 Å². The zero-order chi connectivity index (χ0) is 31.0. The van der Waals surface area contributed by atoms with Gasteiger partial charge in [-0.3, -0.25) is 9.59 Å². The monoisotopic (exact) mass is 624 g/mol. The second-order valence-electron chi connectivity index (χ2n) is 9.72. The number of amides is 1. The third-order valence-electron chi connectivity index (χ3n) is 6.86. The minimum Gasteiger partial charge on any atom is -0.497 e. The van der Waals surface area contributed by atoms with Crippen molar-refractivity contribution in [2.45, 2.75) is 38.6 Å². The first-order valence-corrected chi connectivity index (χ1v) is 14.0. The highest BCUT2D eigenvalue weighted by atomic mass is 35.5. The summed E-state index contributed by atoms with van der Waals surface area (Å²) in [6.45, 7) is 3.54. The molecule has 1 aromatic carbocycles. The van der Waals surface area contributed by atoms with Gasteiger partial charge >= 0.3 is 6.18 Å². The summed E-state index contributed by atoms with van der Waals surface area (Å²) >= 11 is 5.84. The maximum Gasteiger partial charge on any atom is 0.425 e. The molecule has 2 aromatic heterocycles. The fourth-order valence-electron chi connectivity index (χ4n) is 4.42. The highest BCUT2D eigenvalue weighted by molar-refractivity contribution is 6.30. The number of benzene rings is 1. The molecule has 4 rings (SSSR count). The van der Waals surface area contributed by atoms with Gasteiger partial charge in [0.1, 0.15) is 12.4 Å². The molecule has 0 N–H and O–H groups in total. The molecule has 3 aromatic rings. The van der Waals surface area contributed by atoms with E-state index in [9.17, 15) is 22.8 Å². The van der Waals surface area contributed by atoms with Gasteiger partial charge in [-0.2, -0.15) is 18.3 Å². The quantitative estimate of drug-likeness (QED) is 0.298. The molecular weight excluding hydrogens is 593 g/mol. The number of anilines is 1. The molecule has 1 saturated heterocycles. The second-order valence-corrected chi connectivity index (χ2v) is 10.2. The van der Waals surface area contributed by atoms with Crippen LogP contribution in [0, 0.1) is 0 Å². The Labute approximate surface area is 251 Å². The Morgan fingerprint density at radius 1 is 1.07 bits per heavy atom. The van der Waals surface area contributed by atoms with Crippen molar-refractivity contribution in [3.63, 3.8) is 0 Å². The zero-order valence-corrected chi connectivity index (χ0v) is 24.5. The van der Waals surface area contributed by atoms with E-state index in [0.717, 1.165) is 10.9 Å². The van der Waals surface area contributed by atoms with E-state index in [0.29, 0.717) is 54.9 Å². The molecule has 1 aliphatic heterocycles. The summed E-state index contributed by atoms with van der Waals surface area (Å²) < 4.78 is 58.7. The van der Waals surface area contributed by atoms with Gasteiger partial charge in [-0.05, 0) is 24.1 Å². The third-order valence-corrected chi connectivity index (χ3v) is 7.05. The van der Waals surface area contributed by atoms with Crippen LogP contribution in [0.3, 0.4) is 0 Å². The molecule has 11 nitrogen and oxygen atoms in total. The Bertz CT molecular complexity index is 1410. The van der Waals surface area contributed by atoms with Crippen LogP contribution in [0.4, 0.5) is 19.1 Å². The molecule has 0 radical (unpaired) electrons. The Balaban J connectivity index is 1.29. The smallest absolute Gasteiger partial charge is 0.425 e. The van der Waals surface area contributed by atoms with E-state index >= 15 is 0 Å². The van der Waals surface area contributed by atoms with Gasteiger partial charge < -0.3 is 24.0 Å². The number of carbonyl (C=O) groups excluding carboxylic acids is 1. The molecule has 0 saturated carbocycles. The maximum absolute atomic E-state index is 13.9. The largest absolute Gasteiger partial charge is 0.497 e. The van der Waals surface area contributed by atoms with Gasteiger partial charge in [0.05, 0.1) is 56.4 Å². The number of aromatic nitrogens is 4. The van der Waals surface area contributed by atoms with Gasteiger partial charge in [0.25, 0.3) is 5.56 Å². The standard InChI is InChI=1S/C28H32ClF3N6O5/c1-3-21(42-13-8-24(39)36-9-11-37(12-10-36)27-33-14-20(29)15-34-27)18-43-23-16-35-38(26(40)25(23)28(30,31)32)17-19-4-6-22(41-2)7-5-19/h4-7,14-16,21H,3,8-13,17-18H2,1-2H3/t21-/m0/s1. The lowest BCUT2D eigenvalue weighted by Crippen LogP contribution is -2.49. The Hall–Kier alpha value is -3.91. The van der Waals surface area contributed by atoms with Gasteiger partial charge in [0, 0.05) is 26.2 Å². The normalized spacial score (nSPS) is 14.5. The Kier molecular flexibility index (Phi) is 10.8. The fourth-order valence-corrected chi connectivity index (χ4v) is 4.52. The van der Waals surface area contributed by atoms with Crippen molar-refractivity contribution in [3.8, 4) is 11.5 Å². The highest BCUT2D eigenvalue weighted by Gasteiger charge is 2.39. The van der Waals surface area contributed by atoms with Crippen LogP contribution < -0.4 is 19.9 Å². The summed E-state index contributed by atoms with van der Waals surface area (Å²) in [6.07, 6.45) is -1.12. The van der Waals surface area contributed by atoms with Gasteiger partial charge in [0.2, 0.25) is 11.9 Å². The number of piperazine rings is 1. The number of halogens is 4. The number of hydrogen-bond donors (Lipinski definition) is 0. The lowest BCUT2D eigenvalue weighted by atomic mass is 10.2. The van der Waals surface area contributed by atoms with Crippen molar-refractivity contribution in [3.05, 3.63) is 69.4 Å². The molecule has 0 unspecified atom stereocenters. The van der Waals surface area contributed by atoms with Gasteiger partial charge in [-0.15, -0.1) is 0 Å². The van der Waals surface area contributed by atoms with E-state index < -0.39 is 29.2 Å². The van der Waals surface area contributed by atoms with Gasteiger partial charge in [0.15, 0.2) is 11.3 Å². The van der Waals surface area contributed by atoms with Crippen LogP contribution in [0.1, 0.15) is 30.9 Å². The van der Waals surface area contributed by atoms with Gasteiger partial charge in [-0.25, -0.2) is 14.6 Å². The number of nitrogens with zero attached hydrogens (tertiary/aromatic N) is 6. The molecule has 1 aliphatic rings. The van der Waals surface area contributed by atoms with Crippen LogP contribution in [0.15, 0.2) is 47.7 Å². The van der Waals surface area contributed by atoms with Crippen LogP contribution in [0.5, 0.6) is 11.5 Å². The first-order chi connectivity index (χ1) is 20.6. The summed E-state index contributed by atoms with van der Waals surface area (Å²) in [4.78, 5) is 37.5. The number of hydrogen-bond acceptors (Lipinski definition) is 9. The molecule has 3 heterocycles. The minimum absolute atomic E-state index is 0.0645. The summed E-state index contributed by atoms with van der Waals surface area (Å²) in [5.41, 5.74) is -2.18. The molecule has 0 bridgehead atoms. The highest BCUT2D eigenvalue weighted by Crippen LogP contribution is 2.33. The summed E-state index contributed by atoms with van der Waals surface area (Å²) in [5, 5.41) is 4.34. The number of carbonyl (C=O) groups is 1. The predicted molar refractivity (Wildman–Crippen MR) is 152 cm³/mol. The third kappa shape index (κ3) is 8.57. The molecule has 15 heteroatoms. The predicted octanol–water partition coefficient (Wildman–Crippen LogP) is 3.68.